The maximum absolute atomic E-state index is 5.76. The molecule has 26 heavy (non-hydrogen) atoms. The Morgan fingerprint density at radius 3 is 2.50 bits per heavy atom. The van der Waals surface area contributed by atoms with Gasteiger partial charge in [0.05, 0.1) is 24.5 Å². The quantitative estimate of drug-likeness (QED) is 0.553. The van der Waals surface area contributed by atoms with Crippen LogP contribution in [0.2, 0.25) is 0 Å². The molecule has 136 valence electrons. The zero-order chi connectivity index (χ0) is 16.4. The minimum absolute atomic E-state index is 0. The average Bonchev–Trinajstić information content (AvgIpc) is 3.29. The molecule has 0 radical (unpaired) electrons. The first-order valence-corrected chi connectivity index (χ1v) is 7.56. The topological polar surface area (TPSA) is 65.0 Å². The number of aromatic amines is 1. The Bertz CT molecular complexity index is 953. The van der Waals surface area contributed by atoms with Crippen LogP contribution in [-0.2, 0) is 6.61 Å². The number of aromatic nitrogens is 4. The monoisotopic (exact) mass is 392 g/mol. The van der Waals surface area contributed by atoms with Crippen molar-refractivity contribution >= 4 is 35.8 Å². The van der Waals surface area contributed by atoms with Crippen molar-refractivity contribution in [2.75, 3.05) is 7.11 Å². The van der Waals surface area contributed by atoms with Crippen LogP contribution in [0.25, 0.3) is 16.7 Å². The van der Waals surface area contributed by atoms with Gasteiger partial charge in [-0.25, -0.2) is 9.97 Å². The highest BCUT2D eigenvalue weighted by Gasteiger charge is 2.06. The molecular formula is C18H18Cl2N4O2. The molecule has 1 N–H and O–H groups in total. The summed E-state index contributed by atoms with van der Waals surface area (Å²) >= 11 is 0. The third-order valence-corrected chi connectivity index (χ3v) is 3.75. The summed E-state index contributed by atoms with van der Waals surface area (Å²) in [5.41, 5.74) is 2.90. The molecule has 4 rings (SSSR count). The molecular weight excluding hydrogens is 375 g/mol. The maximum atomic E-state index is 5.76. The molecule has 6 nitrogen and oxygen atoms in total. The largest absolute Gasteiger partial charge is 0.497 e. The van der Waals surface area contributed by atoms with Gasteiger partial charge in [-0.3, -0.25) is 0 Å². The minimum Gasteiger partial charge on any atom is -0.497 e. The van der Waals surface area contributed by atoms with E-state index in [1.54, 1.807) is 19.6 Å². The standard InChI is InChI=1S/C18H16N4O2.2ClH/c1-23-14-3-5-15(6-4-14)24-11-18-20-16-7-2-13(10-17(16)21-18)22-9-8-19-12-22;;/h2-10,12H,11H2,1H3,(H,20,21);2*1H. The molecule has 0 saturated heterocycles. The number of benzene rings is 2. The molecule has 4 aromatic rings. The first kappa shape index (κ1) is 19.6. The van der Waals surface area contributed by atoms with E-state index in [2.05, 4.69) is 15.0 Å². The molecule has 0 aliphatic heterocycles. The summed E-state index contributed by atoms with van der Waals surface area (Å²) in [7, 11) is 1.64. The van der Waals surface area contributed by atoms with Crippen LogP contribution < -0.4 is 9.47 Å². The van der Waals surface area contributed by atoms with Crippen LogP contribution in [0.1, 0.15) is 5.82 Å². The highest BCUT2D eigenvalue weighted by atomic mass is 35.5. The summed E-state index contributed by atoms with van der Waals surface area (Å²) in [5.74, 6) is 2.36. The van der Waals surface area contributed by atoms with Crippen molar-refractivity contribution in [1.82, 2.24) is 19.5 Å². The van der Waals surface area contributed by atoms with E-state index in [-0.39, 0.29) is 24.8 Å². The van der Waals surface area contributed by atoms with E-state index in [1.165, 1.54) is 0 Å². The summed E-state index contributed by atoms with van der Waals surface area (Å²) in [6.07, 6.45) is 5.42. The van der Waals surface area contributed by atoms with Crippen LogP contribution in [0.3, 0.4) is 0 Å². The van der Waals surface area contributed by atoms with Crippen LogP contribution >= 0.6 is 24.8 Å². The molecule has 0 fully saturated rings. The summed E-state index contributed by atoms with van der Waals surface area (Å²) in [4.78, 5) is 11.9. The molecule has 0 bridgehead atoms. The lowest BCUT2D eigenvalue weighted by atomic mass is 10.3. The zero-order valence-electron chi connectivity index (χ0n) is 14.0. The Hall–Kier alpha value is -2.70. The number of ether oxygens (including phenoxy) is 2. The number of methoxy groups -OCH3 is 1. The van der Waals surface area contributed by atoms with Crippen molar-refractivity contribution in [3.63, 3.8) is 0 Å². The fraction of sp³-hybridized carbons (Fsp3) is 0.111. The van der Waals surface area contributed by atoms with E-state index in [0.29, 0.717) is 6.61 Å². The van der Waals surface area contributed by atoms with E-state index in [0.717, 1.165) is 34.0 Å². The molecule has 0 saturated carbocycles. The Labute approximate surface area is 163 Å². The molecule has 2 heterocycles. The zero-order valence-corrected chi connectivity index (χ0v) is 15.6. The van der Waals surface area contributed by atoms with Gasteiger partial charge in [-0.05, 0) is 42.5 Å². The predicted molar refractivity (Wildman–Crippen MR) is 105 cm³/mol. The first-order valence-electron chi connectivity index (χ1n) is 7.56. The van der Waals surface area contributed by atoms with Crippen molar-refractivity contribution in [1.29, 1.82) is 0 Å². The van der Waals surface area contributed by atoms with Crippen molar-refractivity contribution in [3.8, 4) is 17.2 Å². The van der Waals surface area contributed by atoms with E-state index in [4.69, 9.17) is 9.47 Å². The van der Waals surface area contributed by atoms with Gasteiger partial charge in [0.2, 0.25) is 0 Å². The number of hydrogen-bond acceptors (Lipinski definition) is 4. The van der Waals surface area contributed by atoms with Gasteiger partial charge in [0.25, 0.3) is 0 Å². The molecule has 2 aromatic carbocycles. The van der Waals surface area contributed by atoms with E-state index in [9.17, 15) is 0 Å². The lowest BCUT2D eigenvalue weighted by molar-refractivity contribution is 0.297. The lowest BCUT2D eigenvalue weighted by Gasteiger charge is -2.05. The van der Waals surface area contributed by atoms with Crippen LogP contribution in [0.15, 0.2) is 61.2 Å². The molecule has 0 aliphatic rings. The van der Waals surface area contributed by atoms with Crippen molar-refractivity contribution < 1.29 is 9.47 Å². The molecule has 2 aromatic heterocycles. The van der Waals surface area contributed by atoms with Crippen molar-refractivity contribution in [2.24, 2.45) is 0 Å². The Kier molecular flexibility index (Phi) is 6.49. The number of hydrogen-bond donors (Lipinski definition) is 1. The van der Waals surface area contributed by atoms with E-state index >= 15 is 0 Å². The maximum Gasteiger partial charge on any atom is 0.146 e. The third kappa shape index (κ3) is 4.09. The molecule has 0 unspecified atom stereocenters. The fourth-order valence-corrected chi connectivity index (χ4v) is 2.51. The fourth-order valence-electron chi connectivity index (χ4n) is 2.51. The summed E-state index contributed by atoms with van der Waals surface area (Å²) < 4.78 is 12.8. The number of H-pyrrole nitrogens is 1. The molecule has 0 aliphatic carbocycles. The van der Waals surface area contributed by atoms with Crippen LogP contribution in [-0.4, -0.2) is 26.6 Å². The number of rotatable bonds is 5. The minimum atomic E-state index is 0. The highest BCUT2D eigenvalue weighted by molar-refractivity contribution is 5.85. The number of fused-ring (bicyclic) bond motifs is 1. The Balaban J connectivity index is 0.00000121. The van der Waals surface area contributed by atoms with Crippen molar-refractivity contribution in [3.05, 3.63) is 67.0 Å². The summed E-state index contributed by atoms with van der Waals surface area (Å²) in [6, 6.07) is 13.5. The van der Waals surface area contributed by atoms with Crippen molar-refractivity contribution in [2.45, 2.75) is 6.61 Å². The summed E-state index contributed by atoms with van der Waals surface area (Å²) in [6.45, 7) is 0.376. The molecule has 0 amide bonds. The normalized spacial score (nSPS) is 10.0. The van der Waals surface area contributed by atoms with Gasteiger partial charge in [0.1, 0.15) is 23.9 Å². The van der Waals surface area contributed by atoms with E-state index < -0.39 is 0 Å². The third-order valence-electron chi connectivity index (χ3n) is 3.75. The van der Waals surface area contributed by atoms with Crippen LogP contribution in [0.5, 0.6) is 11.5 Å². The van der Waals surface area contributed by atoms with E-state index in [1.807, 2.05) is 53.2 Å². The number of nitrogens with zero attached hydrogens (tertiary/aromatic N) is 3. The Morgan fingerprint density at radius 1 is 1.04 bits per heavy atom. The first-order chi connectivity index (χ1) is 11.8. The number of nitrogens with one attached hydrogen (secondary N) is 1. The second-order valence-electron chi connectivity index (χ2n) is 5.32. The number of halogens is 2. The average molecular weight is 393 g/mol. The van der Waals surface area contributed by atoms with Gasteiger partial charge in [-0.1, -0.05) is 0 Å². The number of imidazole rings is 2. The highest BCUT2D eigenvalue weighted by Crippen LogP contribution is 2.20. The smallest absolute Gasteiger partial charge is 0.146 e. The van der Waals surface area contributed by atoms with Gasteiger partial charge in [-0.15, -0.1) is 24.8 Å². The van der Waals surface area contributed by atoms with Gasteiger partial charge in [0.15, 0.2) is 0 Å². The van der Waals surface area contributed by atoms with Gasteiger partial charge in [0, 0.05) is 18.1 Å². The van der Waals surface area contributed by atoms with Gasteiger partial charge < -0.3 is 19.0 Å². The molecule has 8 heteroatoms. The molecule has 0 spiro atoms. The SMILES string of the molecule is COc1ccc(OCc2nc3cc(-n4ccnc4)ccc3[nH]2)cc1.Cl.Cl. The van der Waals surface area contributed by atoms with Gasteiger partial charge in [-0.2, -0.15) is 0 Å². The van der Waals surface area contributed by atoms with Crippen LogP contribution in [0, 0.1) is 0 Å². The Morgan fingerprint density at radius 2 is 1.81 bits per heavy atom. The lowest BCUT2D eigenvalue weighted by Crippen LogP contribution is -1.97. The second-order valence-corrected chi connectivity index (χ2v) is 5.32. The second kappa shape index (κ2) is 8.60. The van der Waals surface area contributed by atoms with Gasteiger partial charge >= 0.3 is 0 Å². The predicted octanol–water partition coefficient (Wildman–Crippen LogP) is 4.18. The molecule has 0 atom stereocenters. The van der Waals surface area contributed by atoms with Crippen LogP contribution in [0.4, 0.5) is 0 Å². The summed E-state index contributed by atoms with van der Waals surface area (Å²) in [5, 5.41) is 0.